The van der Waals surface area contributed by atoms with Crippen LogP contribution < -0.4 is 5.73 Å². The SMILES string of the molecule is Cc1c(C(C)CN)n(C)c2cc(Cl)ccc12. The van der Waals surface area contributed by atoms with E-state index in [4.69, 9.17) is 17.3 Å². The van der Waals surface area contributed by atoms with Gasteiger partial charge in [-0.2, -0.15) is 0 Å². The summed E-state index contributed by atoms with van der Waals surface area (Å²) in [7, 11) is 2.08. The highest BCUT2D eigenvalue weighted by Crippen LogP contribution is 2.30. The number of fused-ring (bicyclic) bond motifs is 1. The minimum atomic E-state index is 0.371. The lowest BCUT2D eigenvalue weighted by molar-refractivity contribution is 0.697. The van der Waals surface area contributed by atoms with Crippen LogP contribution in [0.4, 0.5) is 0 Å². The Morgan fingerprint density at radius 2 is 2.12 bits per heavy atom. The van der Waals surface area contributed by atoms with E-state index in [2.05, 4.69) is 31.5 Å². The van der Waals surface area contributed by atoms with Crippen LogP contribution in [0.5, 0.6) is 0 Å². The van der Waals surface area contributed by atoms with Crippen LogP contribution in [0.1, 0.15) is 24.1 Å². The van der Waals surface area contributed by atoms with E-state index in [0.29, 0.717) is 12.5 Å². The normalized spacial score (nSPS) is 13.3. The van der Waals surface area contributed by atoms with Gasteiger partial charge in [-0.05, 0) is 24.6 Å². The first-order chi connectivity index (χ1) is 7.56. The van der Waals surface area contributed by atoms with Crippen molar-refractivity contribution in [1.82, 2.24) is 4.57 Å². The van der Waals surface area contributed by atoms with E-state index in [1.807, 2.05) is 12.1 Å². The zero-order valence-electron chi connectivity index (χ0n) is 9.92. The molecule has 0 bridgehead atoms. The summed E-state index contributed by atoms with van der Waals surface area (Å²) < 4.78 is 2.20. The Morgan fingerprint density at radius 3 is 2.75 bits per heavy atom. The summed E-state index contributed by atoms with van der Waals surface area (Å²) in [5.74, 6) is 0.371. The maximum atomic E-state index is 6.03. The van der Waals surface area contributed by atoms with E-state index >= 15 is 0 Å². The highest BCUT2D eigenvalue weighted by molar-refractivity contribution is 6.31. The Balaban J connectivity index is 2.76. The van der Waals surface area contributed by atoms with Gasteiger partial charge in [0.2, 0.25) is 0 Å². The van der Waals surface area contributed by atoms with Crippen molar-refractivity contribution in [2.45, 2.75) is 19.8 Å². The predicted octanol–water partition coefficient (Wildman–Crippen LogP) is 3.20. The lowest BCUT2D eigenvalue weighted by atomic mass is 10.0. The second-order valence-electron chi connectivity index (χ2n) is 4.37. The molecule has 0 amide bonds. The lowest BCUT2D eigenvalue weighted by Gasteiger charge is -2.12. The summed E-state index contributed by atoms with van der Waals surface area (Å²) in [6.45, 7) is 4.97. The van der Waals surface area contributed by atoms with Crippen LogP contribution in [0.25, 0.3) is 10.9 Å². The molecule has 1 heterocycles. The molecule has 1 atom stereocenters. The number of nitrogens with zero attached hydrogens (tertiary/aromatic N) is 1. The first-order valence-electron chi connectivity index (χ1n) is 5.50. The van der Waals surface area contributed by atoms with Gasteiger partial charge in [0.1, 0.15) is 0 Å². The molecule has 3 heteroatoms. The molecule has 1 unspecified atom stereocenters. The van der Waals surface area contributed by atoms with Gasteiger partial charge in [-0.25, -0.2) is 0 Å². The first kappa shape index (κ1) is 11.5. The average molecular weight is 237 g/mol. The number of aryl methyl sites for hydroxylation is 2. The summed E-state index contributed by atoms with van der Waals surface area (Å²) >= 11 is 6.03. The number of rotatable bonds is 2. The molecule has 86 valence electrons. The fourth-order valence-electron chi connectivity index (χ4n) is 2.43. The smallest absolute Gasteiger partial charge is 0.0497 e. The molecule has 1 aromatic heterocycles. The van der Waals surface area contributed by atoms with Gasteiger partial charge in [0.15, 0.2) is 0 Å². The van der Waals surface area contributed by atoms with Crippen LogP contribution in [0.15, 0.2) is 18.2 Å². The van der Waals surface area contributed by atoms with Crippen molar-refractivity contribution in [2.75, 3.05) is 6.54 Å². The highest BCUT2D eigenvalue weighted by atomic mass is 35.5. The maximum Gasteiger partial charge on any atom is 0.0497 e. The second kappa shape index (κ2) is 4.11. The minimum absolute atomic E-state index is 0.371. The topological polar surface area (TPSA) is 30.9 Å². The van der Waals surface area contributed by atoms with Gasteiger partial charge in [-0.15, -0.1) is 0 Å². The van der Waals surface area contributed by atoms with Gasteiger partial charge in [0.05, 0.1) is 0 Å². The molecule has 0 spiro atoms. The predicted molar refractivity (Wildman–Crippen MR) is 70.1 cm³/mol. The molecule has 0 aliphatic heterocycles. The molecule has 0 radical (unpaired) electrons. The van der Waals surface area contributed by atoms with Crippen molar-refractivity contribution in [3.05, 3.63) is 34.5 Å². The molecular formula is C13H17ClN2. The van der Waals surface area contributed by atoms with E-state index in [0.717, 1.165) is 5.02 Å². The van der Waals surface area contributed by atoms with Crippen molar-refractivity contribution in [3.8, 4) is 0 Å². The molecule has 2 rings (SSSR count). The van der Waals surface area contributed by atoms with Crippen LogP contribution in [0, 0.1) is 6.92 Å². The number of halogens is 1. The van der Waals surface area contributed by atoms with E-state index in [1.54, 1.807) is 0 Å². The lowest BCUT2D eigenvalue weighted by Crippen LogP contribution is -2.13. The molecule has 0 saturated carbocycles. The third-order valence-electron chi connectivity index (χ3n) is 3.29. The molecule has 2 N–H and O–H groups in total. The van der Waals surface area contributed by atoms with Crippen molar-refractivity contribution >= 4 is 22.5 Å². The molecule has 1 aromatic carbocycles. The van der Waals surface area contributed by atoms with Crippen LogP contribution >= 0.6 is 11.6 Å². The van der Waals surface area contributed by atoms with E-state index < -0.39 is 0 Å². The van der Waals surface area contributed by atoms with E-state index in [-0.39, 0.29) is 0 Å². The van der Waals surface area contributed by atoms with Crippen molar-refractivity contribution < 1.29 is 0 Å². The van der Waals surface area contributed by atoms with Crippen LogP contribution in [-0.2, 0) is 7.05 Å². The second-order valence-corrected chi connectivity index (χ2v) is 4.80. The highest BCUT2D eigenvalue weighted by Gasteiger charge is 2.16. The van der Waals surface area contributed by atoms with Gasteiger partial charge < -0.3 is 10.3 Å². The Morgan fingerprint density at radius 1 is 1.44 bits per heavy atom. The molecule has 2 aromatic rings. The number of hydrogen-bond donors (Lipinski definition) is 1. The maximum absolute atomic E-state index is 6.03. The molecule has 16 heavy (non-hydrogen) atoms. The number of aromatic nitrogens is 1. The summed E-state index contributed by atoms with van der Waals surface area (Å²) in [5.41, 5.74) is 9.55. The van der Waals surface area contributed by atoms with Gasteiger partial charge in [-0.3, -0.25) is 0 Å². The van der Waals surface area contributed by atoms with Crippen LogP contribution in [0.3, 0.4) is 0 Å². The summed E-state index contributed by atoms with van der Waals surface area (Å²) in [6.07, 6.45) is 0. The Bertz CT molecular complexity index is 528. The minimum Gasteiger partial charge on any atom is -0.347 e. The monoisotopic (exact) mass is 236 g/mol. The quantitative estimate of drug-likeness (QED) is 0.853. The first-order valence-corrected chi connectivity index (χ1v) is 5.88. The third kappa shape index (κ3) is 1.62. The van der Waals surface area contributed by atoms with Gasteiger partial charge in [0, 0.05) is 41.1 Å². The number of hydrogen-bond acceptors (Lipinski definition) is 1. The number of nitrogens with two attached hydrogens (primary N) is 1. The fourth-order valence-corrected chi connectivity index (χ4v) is 2.60. The summed E-state index contributed by atoms with van der Waals surface area (Å²) in [4.78, 5) is 0. The van der Waals surface area contributed by atoms with Crippen LogP contribution in [0.2, 0.25) is 5.02 Å². The molecule has 2 nitrogen and oxygen atoms in total. The van der Waals surface area contributed by atoms with E-state index in [9.17, 15) is 0 Å². The van der Waals surface area contributed by atoms with Gasteiger partial charge in [0.25, 0.3) is 0 Å². The Hall–Kier alpha value is -0.990. The standard InChI is InChI=1S/C13H17ClN2/c1-8(7-15)13-9(2)11-5-4-10(14)6-12(11)16(13)3/h4-6,8H,7,15H2,1-3H3. The fraction of sp³-hybridized carbons (Fsp3) is 0.385. The zero-order valence-corrected chi connectivity index (χ0v) is 10.7. The molecule has 0 aliphatic rings. The van der Waals surface area contributed by atoms with Crippen molar-refractivity contribution in [3.63, 3.8) is 0 Å². The van der Waals surface area contributed by atoms with Gasteiger partial charge >= 0.3 is 0 Å². The molecule has 0 fully saturated rings. The average Bonchev–Trinajstić information content (AvgIpc) is 2.51. The Labute approximate surface area is 101 Å². The summed E-state index contributed by atoms with van der Waals surface area (Å²) in [5, 5.41) is 2.04. The summed E-state index contributed by atoms with van der Waals surface area (Å²) in [6, 6.07) is 6.03. The van der Waals surface area contributed by atoms with Crippen LogP contribution in [-0.4, -0.2) is 11.1 Å². The molecule has 0 saturated heterocycles. The largest absolute Gasteiger partial charge is 0.347 e. The zero-order chi connectivity index (χ0) is 11.9. The van der Waals surface area contributed by atoms with Gasteiger partial charge in [-0.1, -0.05) is 24.6 Å². The van der Waals surface area contributed by atoms with Crippen molar-refractivity contribution in [1.29, 1.82) is 0 Å². The molecule has 0 aliphatic carbocycles. The van der Waals surface area contributed by atoms with Crippen molar-refractivity contribution in [2.24, 2.45) is 12.8 Å². The number of benzene rings is 1. The Kier molecular flexibility index (Phi) is 2.96. The molecular weight excluding hydrogens is 220 g/mol. The van der Waals surface area contributed by atoms with E-state index in [1.165, 1.54) is 22.2 Å². The third-order valence-corrected chi connectivity index (χ3v) is 3.53.